The first kappa shape index (κ1) is 22.0. The van der Waals surface area contributed by atoms with Crippen molar-refractivity contribution < 1.29 is 27.8 Å². The maximum Gasteiger partial charge on any atom is 0.211 e. The Labute approximate surface area is 157 Å². The smallest absolute Gasteiger partial charge is 0.211 e. The summed E-state index contributed by atoms with van der Waals surface area (Å²) in [5.41, 5.74) is 0. The van der Waals surface area contributed by atoms with Gasteiger partial charge >= 0.3 is 0 Å². The molecule has 5 unspecified atom stereocenters. The van der Waals surface area contributed by atoms with Gasteiger partial charge in [0, 0.05) is 20.4 Å². The molecule has 1 saturated heterocycles. The predicted octanol–water partition coefficient (Wildman–Crippen LogP) is 1.49. The molecule has 2 N–H and O–H groups in total. The number of aliphatic hydroxyl groups excluding tert-OH is 1. The molecule has 1 aliphatic heterocycles. The average molecular weight is 408 g/mol. The fourth-order valence-electron chi connectivity index (χ4n) is 3.71. The first-order chi connectivity index (χ1) is 11.7. The van der Waals surface area contributed by atoms with Gasteiger partial charge in [0.2, 0.25) is 10.0 Å². The zero-order valence-corrected chi connectivity index (χ0v) is 18.4. The molecule has 1 heterocycles. The van der Waals surface area contributed by atoms with Gasteiger partial charge in [0.15, 0.2) is 5.79 Å². The number of rotatable bonds is 7. The van der Waals surface area contributed by atoms with E-state index in [9.17, 15) is 18.3 Å². The SMILES string of the molecule is CC(=O)C(NS(=O)(=O)CC[Si](C)(C)C)C1CC(O)CC2OC(C)(C)OC21. The number of Topliss-reactive ketones (excluding diaryl/α,β-unsaturated/α-hetero) is 1. The van der Waals surface area contributed by atoms with Crippen LogP contribution in [-0.2, 0) is 24.3 Å². The number of carbonyl (C=O) groups excluding carboxylic acids is 1. The molecule has 152 valence electrons. The van der Waals surface area contributed by atoms with Crippen molar-refractivity contribution in [3.05, 3.63) is 0 Å². The van der Waals surface area contributed by atoms with Crippen molar-refractivity contribution in [1.29, 1.82) is 0 Å². The lowest BCUT2D eigenvalue weighted by Crippen LogP contribution is -2.55. The number of hydrogen-bond acceptors (Lipinski definition) is 6. The van der Waals surface area contributed by atoms with E-state index < -0.39 is 48.1 Å². The second-order valence-electron chi connectivity index (χ2n) is 9.26. The highest BCUT2D eigenvalue weighted by atomic mass is 32.2. The van der Waals surface area contributed by atoms with E-state index >= 15 is 0 Å². The molecule has 0 bridgehead atoms. The van der Waals surface area contributed by atoms with Crippen LogP contribution in [0.2, 0.25) is 25.7 Å². The topological polar surface area (TPSA) is 102 Å². The summed E-state index contributed by atoms with van der Waals surface area (Å²) in [6, 6.07) is -0.291. The van der Waals surface area contributed by atoms with Gasteiger partial charge in [-0.3, -0.25) is 4.79 Å². The Kier molecular flexibility index (Phi) is 6.42. The monoisotopic (exact) mass is 407 g/mol. The second-order valence-corrected chi connectivity index (χ2v) is 16.8. The Morgan fingerprint density at radius 3 is 2.42 bits per heavy atom. The highest BCUT2D eigenvalue weighted by Gasteiger charge is 2.52. The molecular formula is C17H33NO6SSi. The van der Waals surface area contributed by atoms with E-state index in [4.69, 9.17) is 9.47 Å². The van der Waals surface area contributed by atoms with Crippen LogP contribution >= 0.6 is 0 Å². The molecule has 0 radical (unpaired) electrons. The van der Waals surface area contributed by atoms with Gasteiger partial charge in [0.25, 0.3) is 0 Å². The van der Waals surface area contributed by atoms with Crippen LogP contribution in [0.4, 0.5) is 0 Å². The van der Waals surface area contributed by atoms with Crippen molar-refractivity contribution in [3.8, 4) is 0 Å². The summed E-state index contributed by atoms with van der Waals surface area (Å²) in [5.74, 6) is -1.52. The minimum Gasteiger partial charge on any atom is -0.393 e. The van der Waals surface area contributed by atoms with Gasteiger partial charge in [-0.25, -0.2) is 13.1 Å². The summed E-state index contributed by atoms with van der Waals surface area (Å²) < 4.78 is 39.5. The molecular weight excluding hydrogens is 374 g/mol. The Morgan fingerprint density at radius 2 is 1.88 bits per heavy atom. The first-order valence-electron chi connectivity index (χ1n) is 9.23. The van der Waals surface area contributed by atoms with Crippen molar-refractivity contribution in [3.63, 3.8) is 0 Å². The third-order valence-corrected chi connectivity index (χ3v) is 8.45. The maximum atomic E-state index is 12.6. The molecule has 0 spiro atoms. The largest absolute Gasteiger partial charge is 0.393 e. The van der Waals surface area contributed by atoms with Crippen molar-refractivity contribution in [1.82, 2.24) is 4.72 Å². The van der Waals surface area contributed by atoms with Crippen LogP contribution in [0.3, 0.4) is 0 Å². The first-order valence-corrected chi connectivity index (χ1v) is 14.6. The number of sulfonamides is 1. The number of aliphatic hydroxyl groups is 1. The lowest BCUT2D eigenvalue weighted by molar-refractivity contribution is -0.150. The quantitative estimate of drug-likeness (QED) is 0.620. The molecule has 0 aromatic rings. The summed E-state index contributed by atoms with van der Waals surface area (Å²) in [7, 11) is -5.12. The highest BCUT2D eigenvalue weighted by Crippen LogP contribution is 2.41. The Hall–Kier alpha value is -0.323. The number of hydrogen-bond donors (Lipinski definition) is 2. The van der Waals surface area contributed by atoms with Crippen LogP contribution in [0.25, 0.3) is 0 Å². The molecule has 7 nitrogen and oxygen atoms in total. The standard InChI is InChI=1S/C17H33NO6SSi/c1-11(19)15(18-25(21,22)7-8-26(4,5)6)13-9-12(20)10-14-16(13)24-17(2,3)23-14/h12-16,18,20H,7-10H2,1-6H3. The van der Waals surface area contributed by atoms with E-state index in [2.05, 4.69) is 24.4 Å². The molecule has 2 rings (SSSR count). The van der Waals surface area contributed by atoms with E-state index in [1.54, 1.807) is 13.8 Å². The van der Waals surface area contributed by atoms with E-state index in [1.165, 1.54) is 6.92 Å². The highest BCUT2D eigenvalue weighted by molar-refractivity contribution is 7.89. The van der Waals surface area contributed by atoms with Crippen LogP contribution in [0, 0.1) is 5.92 Å². The summed E-state index contributed by atoms with van der Waals surface area (Å²) in [4.78, 5) is 12.3. The summed E-state index contributed by atoms with van der Waals surface area (Å²) in [6.45, 7) is 11.3. The van der Waals surface area contributed by atoms with Gasteiger partial charge in [-0.1, -0.05) is 19.6 Å². The number of ketones is 1. The van der Waals surface area contributed by atoms with Crippen molar-refractivity contribution in [2.45, 2.75) is 89.4 Å². The fraction of sp³-hybridized carbons (Fsp3) is 0.941. The number of nitrogens with one attached hydrogen (secondary N) is 1. The minimum atomic E-state index is -3.60. The van der Waals surface area contributed by atoms with E-state index in [0.717, 1.165) is 0 Å². The van der Waals surface area contributed by atoms with E-state index in [1.807, 2.05) is 0 Å². The molecule has 26 heavy (non-hydrogen) atoms. The lowest BCUT2D eigenvalue weighted by atomic mass is 9.77. The minimum absolute atomic E-state index is 0.0126. The van der Waals surface area contributed by atoms with Crippen LogP contribution < -0.4 is 4.72 Å². The zero-order valence-electron chi connectivity index (χ0n) is 16.6. The van der Waals surface area contributed by atoms with Crippen molar-refractivity contribution in [2.75, 3.05) is 5.75 Å². The fourth-order valence-corrected chi connectivity index (χ4v) is 8.08. The number of fused-ring (bicyclic) bond motifs is 1. The van der Waals surface area contributed by atoms with Gasteiger partial charge in [0.05, 0.1) is 30.1 Å². The van der Waals surface area contributed by atoms with E-state index in [-0.39, 0.29) is 17.6 Å². The van der Waals surface area contributed by atoms with Crippen LogP contribution in [0.15, 0.2) is 0 Å². The van der Waals surface area contributed by atoms with Gasteiger partial charge in [0.1, 0.15) is 5.78 Å². The Balaban J connectivity index is 2.19. The summed E-state index contributed by atoms with van der Waals surface area (Å²) in [5, 5.41) is 10.2. The lowest BCUT2D eigenvalue weighted by Gasteiger charge is -2.38. The maximum absolute atomic E-state index is 12.6. The molecule has 0 aromatic carbocycles. The van der Waals surface area contributed by atoms with Crippen LogP contribution in [0.1, 0.15) is 33.6 Å². The van der Waals surface area contributed by atoms with Gasteiger partial charge in [-0.05, 0) is 33.2 Å². The predicted molar refractivity (Wildman–Crippen MR) is 102 cm³/mol. The Morgan fingerprint density at radius 1 is 1.27 bits per heavy atom. The number of carbonyl (C=O) groups is 1. The van der Waals surface area contributed by atoms with Gasteiger partial charge < -0.3 is 14.6 Å². The molecule has 2 fully saturated rings. The molecule has 0 amide bonds. The third-order valence-electron chi connectivity index (χ3n) is 4.99. The molecule has 9 heteroatoms. The Bertz CT molecular complexity index is 630. The summed E-state index contributed by atoms with van der Waals surface area (Å²) in [6.07, 6.45) is -0.667. The number of ether oxygens (including phenoxy) is 2. The molecule has 0 aromatic heterocycles. The molecule has 1 aliphatic carbocycles. The molecule has 2 aliphatic rings. The normalized spacial score (nSPS) is 32.9. The van der Waals surface area contributed by atoms with Crippen molar-refractivity contribution in [2.24, 2.45) is 5.92 Å². The second kappa shape index (κ2) is 7.60. The van der Waals surface area contributed by atoms with Crippen LogP contribution in [0.5, 0.6) is 0 Å². The van der Waals surface area contributed by atoms with Gasteiger partial charge in [-0.2, -0.15) is 0 Å². The molecule has 5 atom stereocenters. The third kappa shape index (κ3) is 5.84. The zero-order chi connectivity index (χ0) is 19.9. The van der Waals surface area contributed by atoms with Crippen LogP contribution in [-0.4, -0.2) is 63.3 Å². The van der Waals surface area contributed by atoms with Gasteiger partial charge in [-0.15, -0.1) is 0 Å². The van der Waals surface area contributed by atoms with E-state index in [0.29, 0.717) is 18.9 Å². The molecule has 1 saturated carbocycles. The van der Waals surface area contributed by atoms with Crippen molar-refractivity contribution >= 4 is 23.9 Å². The average Bonchev–Trinajstić information content (AvgIpc) is 2.75. The summed E-state index contributed by atoms with van der Waals surface area (Å²) >= 11 is 0.